The van der Waals surface area contributed by atoms with Crippen LogP contribution in [0.1, 0.15) is 0 Å². The molecule has 0 aromatic rings. The quantitative estimate of drug-likeness (QED) is 0.174. The Hall–Kier alpha value is -0.810. The molecule has 0 aromatic carbocycles. The second-order valence-corrected chi connectivity index (χ2v) is 0.675. The molecule has 0 atom stereocenters. The maximum absolute atomic E-state index is 7.67. The first kappa shape index (κ1) is 5.19. The molecule has 0 aromatic heterocycles. The Labute approximate surface area is 34.0 Å². The Morgan fingerprint density at radius 2 is 1.83 bits per heavy atom. The summed E-state index contributed by atoms with van der Waals surface area (Å²) in [5.74, 6) is -0.796. The molecule has 5 heteroatoms. The van der Waals surface area contributed by atoms with E-state index in [4.69, 9.17) is 15.8 Å². The predicted octanol–water partition coefficient (Wildman–Crippen LogP) is -1.04. The molecule has 0 saturated carbocycles. The first-order valence-electron chi connectivity index (χ1n) is 1.16. The molecule has 0 bridgehead atoms. The van der Waals surface area contributed by atoms with Crippen LogP contribution >= 0.6 is 0 Å². The van der Waals surface area contributed by atoms with Crippen molar-refractivity contribution in [2.45, 2.75) is 0 Å². The Kier molecular flexibility index (Phi) is 1.37. The van der Waals surface area contributed by atoms with E-state index in [1.54, 1.807) is 0 Å². The van der Waals surface area contributed by atoms with Gasteiger partial charge in [0, 0.05) is 0 Å². The van der Waals surface area contributed by atoms with E-state index in [1.807, 2.05) is 0 Å². The molecule has 0 radical (unpaired) electrons. The van der Waals surface area contributed by atoms with Gasteiger partial charge < -0.3 is 5.73 Å². The van der Waals surface area contributed by atoms with Crippen molar-refractivity contribution in [2.75, 3.05) is 0 Å². The van der Waals surface area contributed by atoms with Gasteiger partial charge in [0.25, 0.3) is 0 Å². The maximum Gasteiger partial charge on any atom is 0.241 e. The van der Waals surface area contributed by atoms with Crippen LogP contribution in [0.15, 0.2) is 0 Å². The van der Waals surface area contributed by atoms with E-state index >= 15 is 0 Å². The van der Waals surface area contributed by atoms with E-state index < -0.39 is 11.2 Å². The van der Waals surface area contributed by atoms with Gasteiger partial charge in [0.05, 0.1) is 0 Å². The summed E-state index contributed by atoms with van der Waals surface area (Å²) < 4.78 is 0. The van der Waals surface area contributed by atoms with Gasteiger partial charge in [0.1, 0.15) is 0 Å². The van der Waals surface area contributed by atoms with Crippen LogP contribution in [0.25, 0.3) is 0 Å². The van der Waals surface area contributed by atoms with Crippen LogP contribution in [0.2, 0.25) is 0 Å². The lowest BCUT2D eigenvalue weighted by Crippen LogP contribution is -2.29. The Morgan fingerprint density at radius 3 is 1.83 bits per heavy atom. The average molecular weight is 91.1 g/mol. The number of nitrogens with one attached hydrogen (secondary N) is 1. The van der Waals surface area contributed by atoms with Crippen LogP contribution in [0, 0.1) is 5.41 Å². The van der Waals surface area contributed by atoms with E-state index in [-0.39, 0.29) is 0 Å². The van der Waals surface area contributed by atoms with Crippen molar-refractivity contribution in [2.24, 2.45) is 5.73 Å². The smallest absolute Gasteiger partial charge is 0.241 e. The summed E-state index contributed by atoms with van der Waals surface area (Å²) in [6.07, 6.45) is 0. The minimum Gasteiger partial charge on any atom is -0.366 e. The van der Waals surface area contributed by atoms with Gasteiger partial charge >= 0.3 is 0 Å². The zero-order valence-electron chi connectivity index (χ0n) is 2.92. The number of hydrogen-bond acceptors (Lipinski definition) is 3. The highest BCUT2D eigenvalue weighted by atomic mass is 16.8. The summed E-state index contributed by atoms with van der Waals surface area (Å²) in [4.78, 5) is 0. The largest absolute Gasteiger partial charge is 0.366 e. The van der Waals surface area contributed by atoms with Gasteiger partial charge in [-0.05, 0) is 0 Å². The molecule has 0 aliphatic carbocycles. The van der Waals surface area contributed by atoms with Crippen LogP contribution in [0.3, 0.4) is 0 Å². The Morgan fingerprint density at radius 1 is 1.67 bits per heavy atom. The number of hydrogen-bond donors (Lipinski definition) is 4. The molecule has 36 valence electrons. The number of nitrogens with two attached hydrogens (primary N) is 1. The normalized spacial score (nSPS) is 7.67. The molecule has 0 unspecified atom stereocenters. The van der Waals surface area contributed by atoms with Crippen molar-refractivity contribution in [3.8, 4) is 0 Å². The zero-order valence-corrected chi connectivity index (χ0v) is 2.92. The van der Waals surface area contributed by atoms with Gasteiger partial charge in [-0.1, -0.05) is 5.23 Å². The fourth-order valence-electron chi connectivity index (χ4n) is 0. The summed E-state index contributed by atoms with van der Waals surface area (Å²) in [6.45, 7) is 0. The standard InChI is InChI=1S/CH5N3O2/c2-1(3)4(5)6/h5-6H,(H3,2,3). The number of hydroxylamine groups is 2. The fraction of sp³-hybridized carbons (Fsp3) is 0. The second kappa shape index (κ2) is 1.58. The summed E-state index contributed by atoms with van der Waals surface area (Å²) in [6, 6.07) is 0. The van der Waals surface area contributed by atoms with Gasteiger partial charge in [0.2, 0.25) is 5.96 Å². The predicted molar refractivity (Wildman–Crippen MR) is 17.3 cm³/mol. The van der Waals surface area contributed by atoms with E-state index in [0.717, 1.165) is 0 Å². The summed E-state index contributed by atoms with van der Waals surface area (Å²) in [7, 11) is 0. The fourth-order valence-corrected chi connectivity index (χ4v) is 0. The summed E-state index contributed by atoms with van der Waals surface area (Å²) in [5.41, 5.74) is 4.44. The molecular formula is CH5N3O2. The van der Waals surface area contributed by atoms with Crippen LogP contribution < -0.4 is 5.73 Å². The number of rotatable bonds is 0. The Bertz CT molecular complexity index is 59.8. The van der Waals surface area contributed by atoms with E-state index in [9.17, 15) is 0 Å². The molecule has 0 fully saturated rings. The average Bonchev–Trinajstić information content (AvgIpc) is 1.36. The molecule has 0 rings (SSSR count). The molecule has 6 heavy (non-hydrogen) atoms. The van der Waals surface area contributed by atoms with Gasteiger partial charge in [-0.3, -0.25) is 15.8 Å². The minimum absolute atomic E-state index is 0.472. The molecule has 0 heterocycles. The summed E-state index contributed by atoms with van der Waals surface area (Å²) >= 11 is 0. The third-order valence-corrected chi connectivity index (χ3v) is 0.215. The van der Waals surface area contributed by atoms with Crippen molar-refractivity contribution in [3.05, 3.63) is 0 Å². The first-order valence-corrected chi connectivity index (χ1v) is 1.16. The molecule has 0 spiro atoms. The van der Waals surface area contributed by atoms with Crippen molar-refractivity contribution in [3.63, 3.8) is 0 Å². The number of guanidine groups is 1. The lowest BCUT2D eigenvalue weighted by atomic mass is 11.1. The molecule has 0 aliphatic heterocycles. The monoisotopic (exact) mass is 91.0 g/mol. The van der Waals surface area contributed by atoms with E-state index in [2.05, 4.69) is 5.73 Å². The number of nitrogens with zero attached hydrogens (tertiary/aromatic N) is 1. The van der Waals surface area contributed by atoms with Gasteiger partial charge in [0.15, 0.2) is 0 Å². The van der Waals surface area contributed by atoms with Crippen molar-refractivity contribution < 1.29 is 10.4 Å². The van der Waals surface area contributed by atoms with Gasteiger partial charge in [-0.2, -0.15) is 0 Å². The topological polar surface area (TPSA) is 93.6 Å². The van der Waals surface area contributed by atoms with Crippen LogP contribution in [-0.4, -0.2) is 21.6 Å². The van der Waals surface area contributed by atoms with Crippen LogP contribution in [0.5, 0.6) is 0 Å². The molecule has 0 amide bonds. The minimum atomic E-state index is -0.796. The SMILES string of the molecule is N=C(N)N(O)O. The van der Waals surface area contributed by atoms with Crippen molar-refractivity contribution in [1.82, 2.24) is 5.23 Å². The zero-order chi connectivity index (χ0) is 5.15. The third kappa shape index (κ3) is 1.50. The molecular weight excluding hydrogens is 86.0 g/mol. The van der Waals surface area contributed by atoms with Crippen molar-refractivity contribution in [1.29, 1.82) is 5.41 Å². The van der Waals surface area contributed by atoms with Crippen LogP contribution in [-0.2, 0) is 0 Å². The van der Waals surface area contributed by atoms with Crippen LogP contribution in [0.4, 0.5) is 0 Å². The maximum atomic E-state index is 7.67. The molecule has 5 N–H and O–H groups in total. The Balaban J connectivity index is 3.26. The lowest BCUT2D eigenvalue weighted by Gasteiger charge is -2.00. The first-order chi connectivity index (χ1) is 2.64. The lowest BCUT2D eigenvalue weighted by molar-refractivity contribution is -0.246. The molecule has 0 aliphatic rings. The third-order valence-electron chi connectivity index (χ3n) is 0.215. The molecule has 0 saturated heterocycles. The van der Waals surface area contributed by atoms with E-state index in [1.165, 1.54) is 0 Å². The van der Waals surface area contributed by atoms with Gasteiger partial charge in [-0.15, -0.1) is 0 Å². The highest BCUT2D eigenvalue weighted by molar-refractivity contribution is 5.71. The van der Waals surface area contributed by atoms with E-state index in [0.29, 0.717) is 0 Å². The second-order valence-electron chi connectivity index (χ2n) is 0.675. The molecule has 5 nitrogen and oxygen atoms in total. The summed E-state index contributed by atoms with van der Waals surface area (Å²) in [5, 5.41) is 21.0. The highest BCUT2D eigenvalue weighted by Crippen LogP contribution is 1.60. The highest BCUT2D eigenvalue weighted by Gasteiger charge is 1.88. The van der Waals surface area contributed by atoms with Crippen molar-refractivity contribution >= 4 is 5.96 Å². The van der Waals surface area contributed by atoms with Gasteiger partial charge in [-0.25, -0.2) is 0 Å².